The van der Waals surface area contributed by atoms with Crippen LogP contribution < -0.4 is 28.7 Å². The number of anilines is 2. The minimum atomic E-state index is -4.01. The molecular formula is C75H97Cl2N5O13S2. The van der Waals surface area contributed by atoms with Crippen molar-refractivity contribution in [1.29, 1.82) is 0 Å². The van der Waals surface area contributed by atoms with E-state index in [4.69, 9.17) is 42.1 Å². The van der Waals surface area contributed by atoms with Crippen LogP contribution in [0, 0.1) is 35.5 Å². The average molecular weight is 1410 g/mol. The second-order valence-corrected chi connectivity index (χ2v) is 35.2. The van der Waals surface area contributed by atoms with Gasteiger partial charge in [-0.2, -0.15) is 0 Å². The quantitative estimate of drug-likeness (QED) is 0.153. The van der Waals surface area contributed by atoms with E-state index in [1.54, 1.807) is 69.4 Å². The van der Waals surface area contributed by atoms with E-state index in [1.807, 2.05) is 84.2 Å². The molecule has 2 saturated carbocycles. The van der Waals surface area contributed by atoms with E-state index in [9.17, 15) is 41.1 Å². The topological polar surface area (TPSA) is 227 Å². The summed E-state index contributed by atoms with van der Waals surface area (Å²) in [5.74, 6) is -1.39. The molecule has 0 saturated heterocycles. The number of nitrogens with zero attached hydrogens (tertiary/aromatic N) is 3. The number of methoxy groups -OCH3 is 2. The highest BCUT2D eigenvalue weighted by Gasteiger charge is 2.53. The van der Waals surface area contributed by atoms with E-state index >= 15 is 0 Å². The second-order valence-electron chi connectivity index (χ2n) is 30.2. The van der Waals surface area contributed by atoms with Gasteiger partial charge in [0.25, 0.3) is 11.8 Å². The number of sulfonamides is 2. The van der Waals surface area contributed by atoms with Gasteiger partial charge >= 0.3 is 5.97 Å². The molecular weight excluding hydrogens is 1310 g/mol. The van der Waals surface area contributed by atoms with E-state index in [1.165, 1.54) is 22.3 Å². The molecule has 12 atom stereocenters. The fourth-order valence-corrected chi connectivity index (χ4v) is 19.6. The maximum absolute atomic E-state index is 13.9. The van der Waals surface area contributed by atoms with Crippen LogP contribution in [-0.2, 0) is 62.8 Å². The lowest BCUT2D eigenvalue weighted by atomic mass is 9.62. The van der Waals surface area contributed by atoms with Gasteiger partial charge in [0.05, 0.1) is 59.1 Å². The lowest BCUT2D eigenvalue weighted by Crippen LogP contribution is -2.55. The number of carbonyl (C=O) groups excluding carboxylic acids is 3. The van der Waals surface area contributed by atoms with Crippen molar-refractivity contribution in [3.63, 3.8) is 0 Å². The number of hydrogen-bond donors (Lipinski definition) is 3. The summed E-state index contributed by atoms with van der Waals surface area (Å²) in [5, 5.41) is 9.70. The SMILES string of the molecule is CO[C@@]1(CC(=O)N(C)C(C)(C)C)/C=C/C[C@H](C)[C@@H](C)S(=O)(=O)NC(=O)c2ccc3c(c2)N(C[C@@H]2CC[C@H]21)C[C@@]1(CCCc2cc(Cl)ccc21)CO3.CO[C@@]1(CC(=O)O)/C=C/C[C@H](C)[C@@H](C)S(=O)(=O)NC(=O)c2ccc3c(c2)N(C[C@@H]2CC[C@H]21)C[C@@]1(CCCc2cc(Cl)ccc21)CO3. The Morgan fingerprint density at radius 1 is 0.639 bits per heavy atom. The number of rotatable bonds is 6. The van der Waals surface area contributed by atoms with Crippen LogP contribution in [0.4, 0.5) is 11.4 Å². The van der Waals surface area contributed by atoms with Crippen molar-refractivity contribution in [2.24, 2.45) is 35.5 Å². The first-order chi connectivity index (χ1) is 45.8. The lowest BCUT2D eigenvalue weighted by molar-refractivity contribution is -0.148. The highest BCUT2D eigenvalue weighted by Crippen LogP contribution is 2.53. The molecule has 3 N–H and O–H groups in total. The number of benzene rings is 4. The van der Waals surface area contributed by atoms with E-state index in [2.05, 4.69) is 37.4 Å². The van der Waals surface area contributed by atoms with Crippen LogP contribution >= 0.6 is 23.2 Å². The van der Waals surface area contributed by atoms with Crippen molar-refractivity contribution < 1.29 is 60.1 Å². The molecule has 4 aromatic carbocycles. The molecule has 2 spiro atoms. The van der Waals surface area contributed by atoms with Crippen LogP contribution in [0.1, 0.15) is 168 Å². The smallest absolute Gasteiger partial charge is 0.306 e. The number of carbonyl (C=O) groups is 4. The summed E-state index contributed by atoms with van der Waals surface area (Å²) < 4.78 is 84.1. The molecule has 22 heteroatoms. The standard InChI is InChI=1S/C40H54ClN3O6S.C35H43ClN2O7S/c1-26-10-8-19-40(49-7,22-36(45)43(6)38(3,4)5)33-15-12-30(33)23-44-24-39(18-9-11-28-20-31(41)14-16-32(28)39)25-50-35-17-13-29(21-34(35)44)37(46)42-51(47,48)27(26)2;1-22-6-4-15-35(44-3,18-32(39)40)29-11-8-26(29)19-38-20-34(14-5-7-24-16-27(36)10-12-28(24)34)21-45-31-13-9-25(17-30(31)38)33(41)37-46(42,43)23(22)2/h8,13-14,16-17,19-21,26-27,30,33H,9-12,15,18,22-25H2,1-7H3,(H,42,46);4,9-10,12-13,15-17,22-23,26,29H,5-8,11,14,18-21H2,1-3H3,(H,37,41)(H,39,40)/b19-8+;15-4+/t26-,27+,30-,33+,39-,40+;22-,23+,26-,29+,34-,35+/m00/s1. The first kappa shape index (κ1) is 72.1. The Hall–Kier alpha value is -6.16. The summed E-state index contributed by atoms with van der Waals surface area (Å²) >= 11 is 12.9. The van der Waals surface area contributed by atoms with E-state index in [0.29, 0.717) is 68.8 Å². The van der Waals surface area contributed by atoms with E-state index in [-0.39, 0.29) is 81.8 Å². The van der Waals surface area contributed by atoms with Gasteiger partial charge in [-0.15, -0.1) is 0 Å². The minimum Gasteiger partial charge on any atom is -0.490 e. The monoisotopic (exact) mass is 1410 g/mol. The number of fused-ring (bicyclic) bond motifs is 8. The molecule has 4 bridgehead atoms. The van der Waals surface area contributed by atoms with Crippen molar-refractivity contribution in [2.75, 3.05) is 70.5 Å². The van der Waals surface area contributed by atoms with Gasteiger partial charge in [0.2, 0.25) is 26.0 Å². The van der Waals surface area contributed by atoms with Crippen LogP contribution in [-0.4, -0.2) is 138 Å². The van der Waals surface area contributed by atoms with Crippen LogP contribution in [0.15, 0.2) is 97.1 Å². The van der Waals surface area contributed by atoms with E-state index in [0.717, 1.165) is 80.6 Å². The van der Waals surface area contributed by atoms with Gasteiger partial charge in [-0.25, -0.2) is 26.3 Å². The maximum Gasteiger partial charge on any atom is 0.306 e. The molecule has 4 aromatic rings. The van der Waals surface area contributed by atoms with Crippen LogP contribution in [0.25, 0.3) is 0 Å². The predicted octanol–water partition coefficient (Wildman–Crippen LogP) is 12.7. The number of allylic oxidation sites excluding steroid dienone is 2. The Kier molecular flexibility index (Phi) is 20.9. The van der Waals surface area contributed by atoms with Crippen molar-refractivity contribution in [2.45, 2.75) is 176 Å². The number of nitrogens with one attached hydrogen (secondary N) is 2. The van der Waals surface area contributed by atoms with Gasteiger partial charge in [0, 0.05) is 85.0 Å². The number of carboxylic acid groups (broad SMARTS) is 1. The molecule has 4 aliphatic carbocycles. The predicted molar refractivity (Wildman–Crippen MR) is 379 cm³/mol. The molecule has 0 unspecified atom stereocenters. The van der Waals surface area contributed by atoms with Crippen LogP contribution in [0.2, 0.25) is 10.0 Å². The molecule has 97 heavy (non-hydrogen) atoms. The summed E-state index contributed by atoms with van der Waals surface area (Å²) in [5.41, 5.74) is 3.92. The molecule has 8 aliphatic rings. The van der Waals surface area contributed by atoms with Crippen molar-refractivity contribution >= 4 is 78.3 Å². The molecule has 0 radical (unpaired) electrons. The first-order valence-corrected chi connectivity index (χ1v) is 38.4. The molecule has 4 aliphatic heterocycles. The molecule has 4 heterocycles. The third-order valence-electron chi connectivity index (χ3n) is 23.5. The minimum absolute atomic E-state index is 0.00431. The third-order valence-corrected chi connectivity index (χ3v) is 27.8. The summed E-state index contributed by atoms with van der Waals surface area (Å²) in [4.78, 5) is 59.6. The third kappa shape index (κ3) is 14.6. The average Bonchev–Trinajstić information content (AvgIpc) is 1.63. The van der Waals surface area contributed by atoms with Gasteiger partial charge in [0.1, 0.15) is 11.5 Å². The molecule has 2 fully saturated rings. The fraction of sp³-hybridized carbons (Fsp3) is 0.573. The highest BCUT2D eigenvalue weighted by atomic mass is 35.5. The summed E-state index contributed by atoms with van der Waals surface area (Å²) in [6.07, 6.45) is 17.8. The Morgan fingerprint density at radius 2 is 1.06 bits per heavy atom. The number of aryl methyl sites for hydroxylation is 2. The highest BCUT2D eigenvalue weighted by molar-refractivity contribution is 7.91. The number of carboxylic acids is 1. The molecule has 526 valence electrons. The van der Waals surface area contributed by atoms with Crippen molar-refractivity contribution in [3.05, 3.63) is 141 Å². The normalized spacial score (nSPS) is 32.0. The molecule has 12 rings (SSSR count). The Labute approximate surface area is 583 Å². The zero-order valence-corrected chi connectivity index (χ0v) is 60.9. The first-order valence-electron chi connectivity index (χ1n) is 34.5. The van der Waals surface area contributed by atoms with Gasteiger partial charge in [-0.1, -0.05) is 73.5 Å². The fourth-order valence-electron chi connectivity index (χ4n) is 16.6. The maximum atomic E-state index is 13.9. The second kappa shape index (κ2) is 28.1. The van der Waals surface area contributed by atoms with Gasteiger partial charge in [-0.05, 0) is 230 Å². The Morgan fingerprint density at radius 3 is 1.44 bits per heavy atom. The van der Waals surface area contributed by atoms with Gasteiger partial charge in [-0.3, -0.25) is 19.2 Å². The largest absolute Gasteiger partial charge is 0.490 e. The Bertz CT molecular complexity index is 3970. The number of halogens is 2. The van der Waals surface area contributed by atoms with Crippen LogP contribution in [0.5, 0.6) is 11.5 Å². The molecule has 0 aromatic heterocycles. The van der Waals surface area contributed by atoms with Crippen molar-refractivity contribution in [1.82, 2.24) is 14.3 Å². The summed E-state index contributed by atoms with van der Waals surface area (Å²) in [6, 6.07) is 22.6. The number of ether oxygens (including phenoxy) is 4. The number of hydrogen-bond acceptors (Lipinski definition) is 14. The van der Waals surface area contributed by atoms with E-state index < -0.39 is 59.5 Å². The van der Waals surface area contributed by atoms with Crippen LogP contribution in [0.3, 0.4) is 0 Å². The van der Waals surface area contributed by atoms with Gasteiger partial charge in [0.15, 0.2) is 0 Å². The molecule has 18 nitrogen and oxygen atoms in total. The van der Waals surface area contributed by atoms with Gasteiger partial charge < -0.3 is 38.8 Å². The number of aliphatic carboxylic acids is 1. The number of amides is 3. The summed E-state index contributed by atoms with van der Waals surface area (Å²) in [6.45, 7) is 16.4. The zero-order valence-electron chi connectivity index (χ0n) is 57.8. The lowest BCUT2D eigenvalue weighted by Gasteiger charge is -2.51. The molecule has 3 amide bonds. The van der Waals surface area contributed by atoms with Crippen molar-refractivity contribution in [3.8, 4) is 11.5 Å². The Balaban J connectivity index is 0.000000198. The summed E-state index contributed by atoms with van der Waals surface area (Å²) in [7, 11) is -2.93. The zero-order chi connectivity index (χ0) is 69.8.